The minimum Gasteiger partial charge on any atom is -0.409 e. The standard InChI is InChI=1S/C15H18FN3O2/c16-11-3-6-13-9(7-11)1-4-12-5-2-10(14(17)18-21)8-19(12)15(13)20/h3,6-7,10,12,21H,1-2,4-5,8H2,(H2,17,18)/t10-,12+/m0/s1. The molecule has 1 saturated heterocycles. The number of nitrogens with zero attached hydrogens (tertiary/aromatic N) is 2. The average Bonchev–Trinajstić information content (AvgIpc) is 2.63. The first-order valence-electron chi connectivity index (χ1n) is 7.17. The summed E-state index contributed by atoms with van der Waals surface area (Å²) < 4.78 is 13.4. The lowest BCUT2D eigenvalue weighted by atomic mass is 9.90. The van der Waals surface area contributed by atoms with E-state index in [1.807, 2.05) is 0 Å². The molecule has 6 heteroatoms. The van der Waals surface area contributed by atoms with Crippen molar-refractivity contribution in [1.29, 1.82) is 0 Å². The van der Waals surface area contributed by atoms with Crippen LogP contribution in [0.1, 0.15) is 35.2 Å². The van der Waals surface area contributed by atoms with Gasteiger partial charge in [0.05, 0.1) is 0 Å². The van der Waals surface area contributed by atoms with Crippen LogP contribution >= 0.6 is 0 Å². The van der Waals surface area contributed by atoms with Gasteiger partial charge in [-0.1, -0.05) is 5.16 Å². The van der Waals surface area contributed by atoms with Crippen LogP contribution in [0.5, 0.6) is 0 Å². The van der Waals surface area contributed by atoms with E-state index in [1.165, 1.54) is 12.1 Å². The van der Waals surface area contributed by atoms with Gasteiger partial charge in [0.1, 0.15) is 11.7 Å². The van der Waals surface area contributed by atoms with Gasteiger partial charge in [0.15, 0.2) is 0 Å². The topological polar surface area (TPSA) is 78.9 Å². The van der Waals surface area contributed by atoms with Crippen molar-refractivity contribution >= 4 is 11.7 Å². The lowest BCUT2D eigenvalue weighted by Crippen LogP contribution is -2.49. The Hall–Kier alpha value is -2.11. The van der Waals surface area contributed by atoms with Crippen LogP contribution in [0.4, 0.5) is 4.39 Å². The van der Waals surface area contributed by atoms with Gasteiger partial charge in [-0.15, -0.1) is 0 Å². The van der Waals surface area contributed by atoms with E-state index >= 15 is 0 Å². The maximum absolute atomic E-state index is 13.4. The molecule has 21 heavy (non-hydrogen) atoms. The van der Waals surface area contributed by atoms with E-state index < -0.39 is 0 Å². The first kappa shape index (κ1) is 13.9. The maximum atomic E-state index is 13.4. The van der Waals surface area contributed by atoms with Gasteiger partial charge in [-0.2, -0.15) is 0 Å². The van der Waals surface area contributed by atoms with E-state index in [1.54, 1.807) is 11.0 Å². The molecule has 3 rings (SSSR count). The fourth-order valence-corrected chi connectivity index (χ4v) is 3.35. The molecule has 0 aliphatic carbocycles. The molecule has 2 heterocycles. The molecule has 112 valence electrons. The van der Waals surface area contributed by atoms with Crippen LogP contribution in [0.25, 0.3) is 0 Å². The molecule has 0 bridgehead atoms. The Morgan fingerprint density at radius 2 is 2.19 bits per heavy atom. The van der Waals surface area contributed by atoms with Crippen molar-refractivity contribution in [2.75, 3.05) is 6.54 Å². The van der Waals surface area contributed by atoms with Crippen molar-refractivity contribution in [3.63, 3.8) is 0 Å². The summed E-state index contributed by atoms with van der Waals surface area (Å²) in [4.78, 5) is 14.5. The smallest absolute Gasteiger partial charge is 0.254 e. The minimum absolute atomic E-state index is 0.0806. The average molecular weight is 291 g/mol. The van der Waals surface area contributed by atoms with Crippen LogP contribution in [-0.4, -0.2) is 34.4 Å². The second-order valence-corrected chi connectivity index (χ2v) is 5.75. The van der Waals surface area contributed by atoms with E-state index in [2.05, 4.69) is 5.16 Å². The molecule has 1 aromatic rings. The zero-order valence-corrected chi connectivity index (χ0v) is 11.6. The Labute approximate surface area is 122 Å². The highest BCUT2D eigenvalue weighted by Crippen LogP contribution is 2.31. The Bertz CT molecular complexity index is 603. The predicted molar refractivity (Wildman–Crippen MR) is 75.7 cm³/mol. The molecule has 0 spiro atoms. The van der Waals surface area contributed by atoms with Crippen molar-refractivity contribution in [3.8, 4) is 0 Å². The van der Waals surface area contributed by atoms with Crippen LogP contribution in [0, 0.1) is 11.7 Å². The third-order valence-electron chi connectivity index (χ3n) is 4.55. The van der Waals surface area contributed by atoms with Crippen LogP contribution in [0.15, 0.2) is 23.4 Å². The third-order valence-corrected chi connectivity index (χ3v) is 4.55. The minimum atomic E-state index is -0.309. The Kier molecular flexibility index (Phi) is 3.53. The summed E-state index contributed by atoms with van der Waals surface area (Å²) in [5, 5.41) is 11.9. The van der Waals surface area contributed by atoms with Gasteiger partial charge in [-0.05, 0) is 49.4 Å². The van der Waals surface area contributed by atoms with E-state index in [4.69, 9.17) is 10.9 Å². The summed E-state index contributed by atoms with van der Waals surface area (Å²) in [5.74, 6) is -0.332. The summed E-state index contributed by atoms with van der Waals surface area (Å²) in [6.45, 7) is 0.455. The zero-order valence-electron chi connectivity index (χ0n) is 11.6. The van der Waals surface area contributed by atoms with Crippen LogP contribution in [0.3, 0.4) is 0 Å². The summed E-state index contributed by atoms with van der Waals surface area (Å²) in [7, 11) is 0. The molecule has 0 unspecified atom stereocenters. The number of rotatable bonds is 1. The largest absolute Gasteiger partial charge is 0.409 e. The van der Waals surface area contributed by atoms with E-state index in [-0.39, 0.29) is 29.5 Å². The number of nitrogens with two attached hydrogens (primary N) is 1. The first-order chi connectivity index (χ1) is 10.1. The molecule has 2 aliphatic heterocycles. The molecule has 0 saturated carbocycles. The van der Waals surface area contributed by atoms with E-state index in [0.29, 0.717) is 18.5 Å². The molecular formula is C15H18FN3O2. The van der Waals surface area contributed by atoms with Crippen LogP contribution in [-0.2, 0) is 6.42 Å². The summed E-state index contributed by atoms with van der Waals surface area (Å²) in [5.41, 5.74) is 7.02. The quantitative estimate of drug-likeness (QED) is 0.358. The highest BCUT2D eigenvalue weighted by atomic mass is 19.1. The number of hydrogen-bond donors (Lipinski definition) is 2. The highest BCUT2D eigenvalue weighted by molar-refractivity contribution is 5.97. The molecular weight excluding hydrogens is 273 g/mol. The van der Waals surface area contributed by atoms with Crippen molar-refractivity contribution in [1.82, 2.24) is 4.90 Å². The third kappa shape index (κ3) is 2.46. The van der Waals surface area contributed by atoms with Crippen LogP contribution < -0.4 is 5.73 Å². The molecule has 2 aliphatic rings. The summed E-state index contributed by atoms with van der Waals surface area (Å²) >= 11 is 0. The zero-order chi connectivity index (χ0) is 15.0. The Balaban J connectivity index is 1.91. The van der Waals surface area contributed by atoms with Crippen molar-refractivity contribution in [2.24, 2.45) is 16.8 Å². The number of benzene rings is 1. The van der Waals surface area contributed by atoms with E-state index in [9.17, 15) is 9.18 Å². The number of aryl methyl sites for hydroxylation is 1. The number of fused-ring (bicyclic) bond motifs is 2. The van der Waals surface area contributed by atoms with Gasteiger partial charge in [0.25, 0.3) is 5.91 Å². The second-order valence-electron chi connectivity index (χ2n) is 5.75. The maximum Gasteiger partial charge on any atom is 0.254 e. The molecule has 0 radical (unpaired) electrons. The van der Waals surface area contributed by atoms with Crippen LogP contribution in [0.2, 0.25) is 0 Å². The van der Waals surface area contributed by atoms with E-state index in [0.717, 1.165) is 24.8 Å². The van der Waals surface area contributed by atoms with Crippen molar-refractivity contribution in [3.05, 3.63) is 35.1 Å². The number of carbonyl (C=O) groups excluding carboxylic acids is 1. The summed E-state index contributed by atoms with van der Waals surface area (Å²) in [6, 6.07) is 4.48. The predicted octanol–water partition coefficient (Wildman–Crippen LogP) is 1.74. The van der Waals surface area contributed by atoms with Gasteiger partial charge in [-0.3, -0.25) is 4.79 Å². The Morgan fingerprint density at radius 3 is 2.95 bits per heavy atom. The fraction of sp³-hybridized carbons (Fsp3) is 0.467. The van der Waals surface area contributed by atoms with Crippen molar-refractivity contribution in [2.45, 2.75) is 31.7 Å². The number of carbonyl (C=O) groups is 1. The van der Waals surface area contributed by atoms with Gasteiger partial charge in [-0.25, -0.2) is 4.39 Å². The second kappa shape index (κ2) is 5.35. The first-order valence-corrected chi connectivity index (χ1v) is 7.17. The molecule has 1 fully saturated rings. The molecule has 0 aromatic heterocycles. The number of amidine groups is 1. The molecule has 5 nitrogen and oxygen atoms in total. The molecule has 1 amide bonds. The number of amides is 1. The number of piperidine rings is 1. The molecule has 1 aromatic carbocycles. The van der Waals surface area contributed by atoms with Gasteiger partial charge in [0, 0.05) is 24.1 Å². The Morgan fingerprint density at radius 1 is 1.38 bits per heavy atom. The van der Waals surface area contributed by atoms with Gasteiger partial charge >= 0.3 is 0 Å². The number of hydrogen-bond acceptors (Lipinski definition) is 3. The number of halogens is 1. The lowest BCUT2D eigenvalue weighted by Gasteiger charge is -2.38. The number of oxime groups is 1. The van der Waals surface area contributed by atoms with Gasteiger partial charge in [0.2, 0.25) is 0 Å². The highest BCUT2D eigenvalue weighted by Gasteiger charge is 2.36. The SMILES string of the molecule is NC(=NO)[C@H]1CC[C@H]2CCc3cc(F)ccc3C(=O)N2C1. The molecule has 2 atom stereocenters. The lowest BCUT2D eigenvalue weighted by molar-refractivity contribution is 0.0578. The monoisotopic (exact) mass is 291 g/mol. The summed E-state index contributed by atoms with van der Waals surface area (Å²) in [6.07, 6.45) is 3.15. The molecule has 3 N–H and O–H groups in total. The van der Waals surface area contributed by atoms with Gasteiger partial charge < -0.3 is 15.8 Å². The normalized spacial score (nSPS) is 26.0. The fourth-order valence-electron chi connectivity index (χ4n) is 3.35. The van der Waals surface area contributed by atoms with Crippen molar-refractivity contribution < 1.29 is 14.4 Å².